The van der Waals surface area contributed by atoms with Gasteiger partial charge < -0.3 is 14.4 Å². The summed E-state index contributed by atoms with van der Waals surface area (Å²) in [4.78, 5) is 30.6. The van der Waals surface area contributed by atoms with E-state index in [2.05, 4.69) is 15.2 Å². The highest BCUT2D eigenvalue weighted by molar-refractivity contribution is 5.79. The van der Waals surface area contributed by atoms with Crippen LogP contribution in [0.2, 0.25) is 0 Å². The van der Waals surface area contributed by atoms with Gasteiger partial charge in [-0.2, -0.15) is 31.4 Å². The second-order valence-corrected chi connectivity index (χ2v) is 9.42. The first-order valence-electron chi connectivity index (χ1n) is 12.5. The number of methoxy groups -OCH3 is 1. The fraction of sp³-hybridized carbons (Fsp3) is 0.423. The minimum absolute atomic E-state index is 0.0432. The van der Waals surface area contributed by atoms with Crippen molar-refractivity contribution in [2.24, 2.45) is 0 Å². The van der Waals surface area contributed by atoms with Crippen LogP contribution in [-0.2, 0) is 35.0 Å². The van der Waals surface area contributed by atoms with E-state index in [0.717, 1.165) is 5.56 Å². The summed E-state index contributed by atoms with van der Waals surface area (Å²) >= 11 is 0. The van der Waals surface area contributed by atoms with E-state index in [1.165, 1.54) is 7.11 Å². The summed E-state index contributed by atoms with van der Waals surface area (Å²) in [7, 11) is 1.50. The molecule has 2 heterocycles. The van der Waals surface area contributed by atoms with Crippen LogP contribution in [0.1, 0.15) is 41.0 Å². The number of likely N-dealkylation sites (N-methyl/N-ethyl adjacent to an activating group) is 1. The van der Waals surface area contributed by atoms with Gasteiger partial charge in [-0.3, -0.25) is 14.7 Å². The number of aromatic nitrogens is 3. The Labute approximate surface area is 230 Å². The zero-order valence-corrected chi connectivity index (χ0v) is 22.0. The third-order valence-corrected chi connectivity index (χ3v) is 6.72. The Morgan fingerprint density at radius 3 is 2.15 bits per heavy atom. The van der Waals surface area contributed by atoms with E-state index in [9.17, 15) is 35.9 Å². The van der Waals surface area contributed by atoms with Gasteiger partial charge in [0.05, 0.1) is 56.6 Å². The largest absolute Gasteiger partial charge is 0.497 e. The second kappa shape index (κ2) is 11.9. The Hall–Kier alpha value is -3.85. The molecule has 1 fully saturated rings. The number of benzene rings is 2. The summed E-state index contributed by atoms with van der Waals surface area (Å²) in [6.45, 7) is 1.28. The van der Waals surface area contributed by atoms with Gasteiger partial charge in [0.2, 0.25) is 5.91 Å². The summed E-state index contributed by atoms with van der Waals surface area (Å²) < 4.78 is 90.8. The van der Waals surface area contributed by atoms with Gasteiger partial charge in [0.1, 0.15) is 11.6 Å². The number of carbonyl (C=O) groups excluding carboxylic acids is 1. The number of piperazine rings is 1. The second-order valence-electron chi connectivity index (χ2n) is 9.42. The summed E-state index contributed by atoms with van der Waals surface area (Å²) in [5.74, 6) is 0.575. The fourth-order valence-corrected chi connectivity index (χ4v) is 4.91. The van der Waals surface area contributed by atoms with Crippen molar-refractivity contribution in [2.45, 2.75) is 44.5 Å². The maximum Gasteiger partial charge on any atom is 0.416 e. The van der Waals surface area contributed by atoms with Gasteiger partial charge in [0.15, 0.2) is 0 Å². The van der Waals surface area contributed by atoms with E-state index in [0.29, 0.717) is 17.9 Å². The molecule has 15 heteroatoms. The van der Waals surface area contributed by atoms with Crippen molar-refractivity contribution in [3.8, 4) is 5.75 Å². The number of carbonyl (C=O) groups is 1. The van der Waals surface area contributed by atoms with Crippen molar-refractivity contribution in [3.05, 3.63) is 81.0 Å². The van der Waals surface area contributed by atoms with Crippen LogP contribution in [0.5, 0.6) is 5.75 Å². The van der Waals surface area contributed by atoms with Crippen molar-refractivity contribution in [3.63, 3.8) is 0 Å². The quantitative estimate of drug-likeness (QED) is 0.365. The van der Waals surface area contributed by atoms with E-state index in [1.807, 2.05) is 0 Å². The van der Waals surface area contributed by atoms with Crippen molar-refractivity contribution in [2.75, 3.05) is 26.8 Å². The van der Waals surface area contributed by atoms with Gasteiger partial charge in [0.25, 0.3) is 0 Å². The minimum Gasteiger partial charge on any atom is -0.497 e. The molecule has 3 aromatic rings. The highest BCUT2D eigenvalue weighted by atomic mass is 19.4. The van der Waals surface area contributed by atoms with Gasteiger partial charge in [-0.25, -0.2) is 9.89 Å². The van der Waals surface area contributed by atoms with Crippen LogP contribution >= 0.6 is 0 Å². The highest BCUT2D eigenvalue weighted by Gasteiger charge is 2.42. The molecule has 222 valence electrons. The fourth-order valence-electron chi connectivity index (χ4n) is 4.91. The molecular formula is C26H27F6N5O4. The molecular weight excluding hydrogens is 560 g/mol. The Morgan fingerprint density at radius 2 is 1.63 bits per heavy atom. The third kappa shape index (κ3) is 7.08. The van der Waals surface area contributed by atoms with Gasteiger partial charge >= 0.3 is 18.0 Å². The molecule has 1 aromatic heterocycles. The normalized spacial score (nSPS) is 18.6. The van der Waals surface area contributed by atoms with Gasteiger partial charge in [-0.15, -0.1) is 0 Å². The molecule has 2 atom stereocenters. The van der Waals surface area contributed by atoms with Crippen LogP contribution in [0.15, 0.2) is 47.3 Å². The molecule has 0 bridgehead atoms. The predicted molar refractivity (Wildman–Crippen MR) is 133 cm³/mol. The smallest absolute Gasteiger partial charge is 0.416 e. The molecule has 2 aromatic carbocycles. The summed E-state index contributed by atoms with van der Waals surface area (Å²) in [6, 6.07) is 7.05. The SMILES string of the molecule is CCN1C(=O)CN(Cc2n[nH]c(=O)[nH]2)[C@@H](c2ccc(OC)cc2)[C@H]1COCc1cc(C(F)(F)F)cc(C(F)(F)F)c1. The van der Waals surface area contributed by atoms with Gasteiger partial charge in [0, 0.05) is 6.54 Å². The lowest BCUT2D eigenvalue weighted by molar-refractivity contribution is -0.148. The number of halogens is 6. The van der Waals surface area contributed by atoms with Crippen LogP contribution in [0.25, 0.3) is 0 Å². The van der Waals surface area contributed by atoms with Crippen molar-refractivity contribution >= 4 is 5.91 Å². The van der Waals surface area contributed by atoms with Crippen molar-refractivity contribution in [1.82, 2.24) is 25.0 Å². The van der Waals surface area contributed by atoms with Crippen LogP contribution in [0, 0.1) is 0 Å². The molecule has 0 radical (unpaired) electrons. The number of alkyl halides is 6. The van der Waals surface area contributed by atoms with Gasteiger partial charge in [-0.1, -0.05) is 12.1 Å². The van der Waals surface area contributed by atoms with Crippen molar-refractivity contribution < 1.29 is 40.6 Å². The molecule has 0 unspecified atom stereocenters. The Kier molecular flexibility index (Phi) is 8.77. The highest BCUT2D eigenvalue weighted by Crippen LogP contribution is 2.37. The van der Waals surface area contributed by atoms with E-state index >= 15 is 0 Å². The number of nitrogens with zero attached hydrogens (tertiary/aromatic N) is 3. The molecule has 41 heavy (non-hydrogen) atoms. The average Bonchev–Trinajstić information content (AvgIpc) is 3.32. The zero-order valence-electron chi connectivity index (χ0n) is 22.0. The van der Waals surface area contributed by atoms with Crippen LogP contribution in [-0.4, -0.2) is 63.7 Å². The Bertz CT molecular complexity index is 1370. The maximum absolute atomic E-state index is 13.3. The first-order valence-corrected chi connectivity index (χ1v) is 12.5. The molecule has 1 saturated heterocycles. The standard InChI is InChI=1S/C26H27F6N5O4/c1-3-37-20(14-41-13-15-8-17(25(27,28)29)10-18(9-15)26(30,31)32)23(16-4-6-19(40-2)7-5-16)36(12-22(37)38)11-21-33-24(39)35-34-21/h4-10,20,23H,3,11-14H2,1-2H3,(H2,33,34,35,39)/t20-,23+/m1/s1. The molecule has 1 aliphatic heterocycles. The monoisotopic (exact) mass is 587 g/mol. The molecule has 0 saturated carbocycles. The number of aromatic amines is 2. The number of hydrogen-bond donors (Lipinski definition) is 2. The lowest BCUT2D eigenvalue weighted by Gasteiger charge is -2.47. The molecule has 1 amide bonds. The predicted octanol–water partition coefficient (Wildman–Crippen LogP) is 4.14. The maximum atomic E-state index is 13.3. The first kappa shape index (κ1) is 30.1. The number of H-pyrrole nitrogens is 2. The average molecular weight is 588 g/mol. The molecule has 2 N–H and O–H groups in total. The van der Waals surface area contributed by atoms with E-state index < -0.39 is 47.9 Å². The number of hydrogen-bond acceptors (Lipinski definition) is 6. The topological polar surface area (TPSA) is 104 Å². The Morgan fingerprint density at radius 1 is 1.00 bits per heavy atom. The number of rotatable bonds is 9. The van der Waals surface area contributed by atoms with Crippen LogP contribution in [0.4, 0.5) is 26.3 Å². The molecule has 9 nitrogen and oxygen atoms in total. The minimum atomic E-state index is -4.99. The zero-order chi connectivity index (χ0) is 29.9. The molecule has 0 spiro atoms. The van der Waals surface area contributed by atoms with E-state index in [1.54, 1.807) is 41.0 Å². The summed E-state index contributed by atoms with van der Waals surface area (Å²) in [6.07, 6.45) is -9.98. The molecule has 0 aliphatic carbocycles. The van der Waals surface area contributed by atoms with Gasteiger partial charge in [-0.05, 0) is 48.4 Å². The van der Waals surface area contributed by atoms with Crippen LogP contribution in [0.3, 0.4) is 0 Å². The molecule has 4 rings (SSSR count). The number of nitrogens with one attached hydrogen (secondary N) is 2. The van der Waals surface area contributed by atoms with Crippen LogP contribution < -0.4 is 10.4 Å². The summed E-state index contributed by atoms with van der Waals surface area (Å²) in [5, 5.41) is 6.19. The van der Waals surface area contributed by atoms with E-state index in [-0.39, 0.29) is 49.6 Å². The number of ether oxygens (including phenoxy) is 2. The summed E-state index contributed by atoms with van der Waals surface area (Å²) in [5.41, 5.74) is -2.99. The Balaban J connectivity index is 1.65. The number of amides is 1. The third-order valence-electron chi connectivity index (χ3n) is 6.72. The molecule has 1 aliphatic rings. The van der Waals surface area contributed by atoms with Crippen molar-refractivity contribution in [1.29, 1.82) is 0 Å². The first-order chi connectivity index (χ1) is 19.3. The lowest BCUT2D eigenvalue weighted by Crippen LogP contribution is -2.59. The lowest BCUT2D eigenvalue weighted by atomic mass is 9.93. The van der Waals surface area contributed by atoms with E-state index in [4.69, 9.17) is 9.47 Å².